The van der Waals surface area contributed by atoms with Gasteiger partial charge in [0.15, 0.2) is 0 Å². The zero-order valence-electron chi connectivity index (χ0n) is 33.8. The van der Waals surface area contributed by atoms with Crippen molar-refractivity contribution in [3.8, 4) is 0 Å². The van der Waals surface area contributed by atoms with Crippen LogP contribution < -0.4 is 26.2 Å². The third kappa shape index (κ3) is 12.9. The number of aryl methyl sites for hydroxylation is 2. The fourth-order valence-corrected chi connectivity index (χ4v) is 9.73. The van der Waals surface area contributed by atoms with E-state index in [0.29, 0.717) is 56.3 Å². The normalized spacial score (nSPS) is 11.5. The van der Waals surface area contributed by atoms with Gasteiger partial charge in [0.1, 0.15) is 22.3 Å². The van der Waals surface area contributed by atoms with Gasteiger partial charge in [0, 0.05) is 33.6 Å². The predicted octanol–water partition coefficient (Wildman–Crippen LogP) is 8.02. The van der Waals surface area contributed by atoms with Gasteiger partial charge >= 0.3 is 19.5 Å². The molecule has 62 heavy (non-hydrogen) atoms. The largest absolute Gasteiger partial charge is 0.481 e. The fourth-order valence-electron chi connectivity index (χ4n) is 6.18. The van der Waals surface area contributed by atoms with Crippen molar-refractivity contribution in [1.29, 1.82) is 0 Å². The fraction of sp³-hybridized carbons (Fsp3) is 0.357. The molecule has 334 valence electrons. The van der Waals surface area contributed by atoms with Crippen LogP contribution in [0.4, 0.5) is 10.0 Å². The molecule has 20 heteroatoms. The molecular formula is C42H54N7O10PS2. The average molecular weight is 912 g/mol. The molecule has 6 rings (SSSR count). The van der Waals surface area contributed by atoms with E-state index in [1.165, 1.54) is 22.7 Å². The summed E-state index contributed by atoms with van der Waals surface area (Å²) in [6.45, 7) is 7.99. The van der Waals surface area contributed by atoms with Crippen molar-refractivity contribution in [2.45, 2.75) is 74.3 Å². The summed E-state index contributed by atoms with van der Waals surface area (Å²) in [6.07, 6.45) is -0.414. The zero-order chi connectivity index (χ0) is 43.7. The van der Waals surface area contributed by atoms with E-state index in [9.17, 15) is 28.5 Å². The van der Waals surface area contributed by atoms with Crippen LogP contribution in [0, 0.1) is 13.8 Å². The molecule has 0 aliphatic rings. The van der Waals surface area contributed by atoms with Crippen molar-refractivity contribution in [2.75, 3.05) is 37.1 Å². The lowest BCUT2D eigenvalue weighted by Crippen LogP contribution is -2.36. The number of carboxylic acid groups (broad SMARTS) is 2. The molecule has 0 spiro atoms. The van der Waals surface area contributed by atoms with Gasteiger partial charge in [-0.2, -0.15) is 0 Å². The Morgan fingerprint density at radius 1 is 0.758 bits per heavy atom. The molecule has 2 aromatic carbocycles. The first kappa shape index (κ1) is 50.6. The number of carbonyl (C=O) groups is 3. The summed E-state index contributed by atoms with van der Waals surface area (Å²) in [5, 5.41) is 23.5. The van der Waals surface area contributed by atoms with E-state index in [0.717, 1.165) is 21.1 Å². The van der Waals surface area contributed by atoms with Gasteiger partial charge in [-0.3, -0.25) is 23.7 Å². The Labute approximate surface area is 367 Å². The number of aromatic carboxylic acids is 1. The maximum Gasteiger partial charge on any atom is 0.352 e. The van der Waals surface area contributed by atoms with Gasteiger partial charge in [0.2, 0.25) is 0 Å². The number of nitrogens with one attached hydrogen (secondary N) is 3. The number of benzene rings is 2. The third-order valence-electron chi connectivity index (χ3n) is 8.92. The van der Waals surface area contributed by atoms with Crippen LogP contribution in [-0.2, 0) is 31.5 Å². The van der Waals surface area contributed by atoms with Gasteiger partial charge in [0.05, 0.1) is 49.9 Å². The van der Waals surface area contributed by atoms with Crippen molar-refractivity contribution in [1.82, 2.24) is 25.3 Å². The molecular weight excluding hydrogens is 858 g/mol. The molecule has 0 unspecified atom stereocenters. The number of carbonyl (C=O) groups excluding carboxylic acids is 1. The molecule has 0 aliphatic heterocycles. The third-order valence-corrected chi connectivity index (χ3v) is 13.7. The van der Waals surface area contributed by atoms with E-state index >= 15 is 0 Å². The van der Waals surface area contributed by atoms with Gasteiger partial charge in [0.25, 0.3) is 17.0 Å². The highest BCUT2D eigenvalue weighted by atomic mass is 32.1. The number of thiophene rings is 2. The molecule has 5 N–H and O–H groups in total. The number of hydrogen-bond donors (Lipinski definition) is 5. The predicted molar refractivity (Wildman–Crippen MR) is 246 cm³/mol. The summed E-state index contributed by atoms with van der Waals surface area (Å²) in [4.78, 5) is 78.0. The number of aliphatic carboxylic acids is 1. The van der Waals surface area contributed by atoms with E-state index in [4.69, 9.17) is 19.3 Å². The second-order valence-electron chi connectivity index (χ2n) is 13.6. The maximum absolute atomic E-state index is 13.3. The summed E-state index contributed by atoms with van der Waals surface area (Å²) < 4.78 is 24.0. The lowest BCUT2D eigenvalue weighted by atomic mass is 10.1. The number of anilines is 2. The number of aromatic nitrogens is 4. The molecule has 4 aromatic heterocycles. The Hall–Kier alpha value is -5.72. The minimum absolute atomic E-state index is 0. The first-order chi connectivity index (χ1) is 28.5. The number of amides is 1. The minimum Gasteiger partial charge on any atom is -0.481 e. The van der Waals surface area contributed by atoms with E-state index in [1.54, 1.807) is 64.1 Å². The molecule has 0 bridgehead atoms. The highest BCUT2D eigenvalue weighted by molar-refractivity contribution is 7.54. The average Bonchev–Trinajstić information content (AvgIpc) is 3.89. The summed E-state index contributed by atoms with van der Waals surface area (Å²) in [5.74, 6) is -2.47. The highest BCUT2D eigenvalue weighted by Gasteiger charge is 2.37. The van der Waals surface area contributed by atoms with Crippen molar-refractivity contribution >= 4 is 79.9 Å². The Balaban J connectivity index is 0.000000352. The maximum atomic E-state index is 13.3. The zero-order valence-corrected chi connectivity index (χ0v) is 36.3. The van der Waals surface area contributed by atoms with Crippen molar-refractivity contribution in [2.24, 2.45) is 0 Å². The van der Waals surface area contributed by atoms with Crippen LogP contribution in [0.3, 0.4) is 0 Å². The monoisotopic (exact) mass is 911 g/mol. The quantitative estimate of drug-likeness (QED) is 0.0545. The number of rotatable bonds is 17. The Morgan fingerprint density at radius 3 is 1.63 bits per heavy atom. The lowest BCUT2D eigenvalue weighted by Gasteiger charge is -2.26. The van der Waals surface area contributed by atoms with Crippen LogP contribution in [-0.4, -0.2) is 81.1 Å². The highest BCUT2D eigenvalue weighted by Crippen LogP contribution is 2.53. The smallest absolute Gasteiger partial charge is 0.352 e. The number of nitrogens with zero attached hydrogens (tertiary/aromatic N) is 4. The van der Waals surface area contributed by atoms with Crippen molar-refractivity contribution < 1.29 is 38.2 Å². The van der Waals surface area contributed by atoms with E-state index in [2.05, 4.69) is 25.3 Å². The van der Waals surface area contributed by atoms with Gasteiger partial charge in [-0.15, -0.1) is 22.7 Å². The van der Waals surface area contributed by atoms with E-state index in [-0.39, 0.29) is 52.0 Å². The topological polar surface area (TPSA) is 237 Å². The number of H-pyrrole nitrogens is 2. The second kappa shape index (κ2) is 22.4. The molecule has 0 fully saturated rings. The molecule has 1 atom stereocenters. The Bertz CT molecular complexity index is 2670. The number of fused-ring (bicyclic) bond motifs is 2. The van der Waals surface area contributed by atoms with Crippen LogP contribution in [0.1, 0.15) is 83.7 Å². The Morgan fingerprint density at radius 2 is 1.21 bits per heavy atom. The molecule has 6 aromatic rings. The summed E-state index contributed by atoms with van der Waals surface area (Å²) in [7, 11) is -0.0273. The molecule has 0 aliphatic carbocycles. The SMILES string of the molecule is C.C.CCOP(=O)(OCC)[C@H](CCC(=O)O)NC(=O)c1ccc(N(C)Cc2ccc3nc(C)[nH]c(=O)c3c2)s1.Cc1nc2ccc(CN(C)c3ccc(C(=O)O)s3)cc2c(=O)[nH]1. The van der Waals surface area contributed by atoms with Crippen molar-refractivity contribution in [3.05, 3.63) is 114 Å². The van der Waals surface area contributed by atoms with Crippen LogP contribution in [0.5, 0.6) is 0 Å². The summed E-state index contributed by atoms with van der Waals surface area (Å²) in [5.41, 5.74) is 2.80. The second-order valence-corrected chi connectivity index (χ2v) is 17.9. The van der Waals surface area contributed by atoms with Crippen LogP contribution in [0.15, 0.2) is 70.3 Å². The summed E-state index contributed by atoms with van der Waals surface area (Å²) in [6, 6.07) is 17.9. The van der Waals surface area contributed by atoms with Crippen LogP contribution in [0.2, 0.25) is 0 Å². The number of carboxylic acids is 2. The van der Waals surface area contributed by atoms with Gasteiger partial charge < -0.3 is 44.3 Å². The molecule has 4 heterocycles. The molecule has 0 radical (unpaired) electrons. The van der Waals surface area contributed by atoms with Crippen molar-refractivity contribution in [3.63, 3.8) is 0 Å². The van der Waals surface area contributed by atoms with Gasteiger partial charge in [-0.05, 0) is 93.8 Å². The molecule has 0 saturated carbocycles. The van der Waals surface area contributed by atoms with Crippen LogP contribution >= 0.6 is 30.3 Å². The van der Waals surface area contributed by atoms with E-state index < -0.39 is 31.2 Å². The molecule has 1 amide bonds. The molecule has 17 nitrogen and oxygen atoms in total. The number of aromatic amines is 2. The van der Waals surface area contributed by atoms with Gasteiger partial charge in [-0.25, -0.2) is 14.8 Å². The van der Waals surface area contributed by atoms with E-state index in [1.807, 2.05) is 48.2 Å². The summed E-state index contributed by atoms with van der Waals surface area (Å²) >= 11 is 2.45. The number of hydrogen-bond acceptors (Lipinski definition) is 14. The van der Waals surface area contributed by atoms with Gasteiger partial charge in [-0.1, -0.05) is 27.0 Å². The standard InChI is InChI=1S/C24H31N4O7PS.C16H15N3O3S.2CH4/c1-5-34-36(33,35-6-2)20(10-12-22(29)30)27-24(32)19-9-11-21(37-19)28(4)14-16-7-8-18-17(13-16)23(31)26-15(3)25-18;1-9-17-12-4-3-10(7-11(12)15(20)18-9)8-19(2)14-6-5-13(23-14)16(21)22;;/h7-9,11,13,20H,5-6,10,12,14H2,1-4H3,(H,27,32)(H,29,30)(H,25,26,31);3-7H,8H2,1-2H3,(H,21,22)(H,17,18,20);2*1H4/t20-;;;/m1.../s1. The Kier molecular flexibility index (Phi) is 18.3. The first-order valence-electron chi connectivity index (χ1n) is 18.8. The molecule has 0 saturated heterocycles. The first-order valence-corrected chi connectivity index (χ1v) is 22.0. The minimum atomic E-state index is -3.78. The lowest BCUT2D eigenvalue weighted by molar-refractivity contribution is -0.137. The van der Waals surface area contributed by atoms with Crippen LogP contribution in [0.25, 0.3) is 21.8 Å².